The van der Waals surface area contributed by atoms with E-state index in [4.69, 9.17) is 8.83 Å². The number of oxazole rings is 2. The van der Waals surface area contributed by atoms with Gasteiger partial charge in [-0.1, -0.05) is 0 Å². The van der Waals surface area contributed by atoms with Crippen LogP contribution in [-0.2, 0) is 17.9 Å². The van der Waals surface area contributed by atoms with Crippen LogP contribution in [0.4, 0.5) is 0 Å². The zero-order chi connectivity index (χ0) is 18.0. The highest BCUT2D eigenvalue weighted by atomic mass is 16.4. The summed E-state index contributed by atoms with van der Waals surface area (Å²) in [7, 11) is 3.58. The quantitative estimate of drug-likeness (QED) is 0.800. The van der Waals surface area contributed by atoms with Crippen molar-refractivity contribution in [2.24, 2.45) is 0 Å². The first-order chi connectivity index (χ1) is 11.9. The number of piperazine rings is 1. The first-order valence-corrected chi connectivity index (χ1v) is 8.42. The van der Waals surface area contributed by atoms with Crippen LogP contribution < -0.4 is 0 Å². The lowest BCUT2D eigenvalue weighted by atomic mass is 10.1. The Morgan fingerprint density at radius 1 is 1.12 bits per heavy atom. The van der Waals surface area contributed by atoms with Gasteiger partial charge in [0.15, 0.2) is 11.8 Å². The van der Waals surface area contributed by atoms with Gasteiger partial charge in [-0.25, -0.2) is 9.97 Å². The molecule has 0 bridgehead atoms. The minimum atomic E-state index is -0.224. The van der Waals surface area contributed by atoms with Gasteiger partial charge in [-0.3, -0.25) is 14.6 Å². The predicted octanol–water partition coefficient (Wildman–Crippen LogP) is 1.05. The first-order valence-electron chi connectivity index (χ1n) is 8.42. The van der Waals surface area contributed by atoms with Gasteiger partial charge in [0.25, 0.3) is 0 Å². The van der Waals surface area contributed by atoms with Gasteiger partial charge in [0.1, 0.15) is 17.6 Å². The SMILES string of the molecule is Cc1ncc(CN2CCN(Cc3cnc(C)o3)C(C(=O)N(C)C)C2)o1. The number of aryl methyl sites for hydroxylation is 2. The van der Waals surface area contributed by atoms with Crippen LogP contribution >= 0.6 is 0 Å². The fourth-order valence-electron chi connectivity index (χ4n) is 3.12. The average Bonchev–Trinajstić information content (AvgIpc) is 3.16. The number of rotatable bonds is 5. The fraction of sp³-hybridized carbons (Fsp3) is 0.588. The molecule has 1 unspecified atom stereocenters. The van der Waals surface area contributed by atoms with Crippen molar-refractivity contribution in [1.29, 1.82) is 0 Å². The third kappa shape index (κ3) is 4.26. The van der Waals surface area contributed by atoms with Gasteiger partial charge >= 0.3 is 0 Å². The van der Waals surface area contributed by atoms with E-state index in [9.17, 15) is 4.79 Å². The number of carbonyl (C=O) groups is 1. The maximum absolute atomic E-state index is 12.7. The molecule has 25 heavy (non-hydrogen) atoms. The van der Waals surface area contributed by atoms with Crippen LogP contribution in [0.2, 0.25) is 0 Å². The highest BCUT2D eigenvalue weighted by Gasteiger charge is 2.34. The largest absolute Gasteiger partial charge is 0.445 e. The molecular weight excluding hydrogens is 322 g/mol. The van der Waals surface area contributed by atoms with E-state index < -0.39 is 0 Å². The van der Waals surface area contributed by atoms with E-state index in [1.807, 2.05) is 13.8 Å². The molecule has 1 atom stereocenters. The van der Waals surface area contributed by atoms with E-state index in [0.717, 1.165) is 24.6 Å². The lowest BCUT2D eigenvalue weighted by molar-refractivity contribution is -0.137. The summed E-state index contributed by atoms with van der Waals surface area (Å²) in [4.78, 5) is 27.0. The normalized spacial score (nSPS) is 19.3. The number of hydrogen-bond acceptors (Lipinski definition) is 7. The molecule has 1 saturated heterocycles. The maximum atomic E-state index is 12.7. The summed E-state index contributed by atoms with van der Waals surface area (Å²) in [6, 6.07) is -0.224. The second kappa shape index (κ2) is 7.37. The Hall–Kier alpha value is -2.19. The van der Waals surface area contributed by atoms with Crippen molar-refractivity contribution < 1.29 is 13.6 Å². The number of nitrogens with zero attached hydrogens (tertiary/aromatic N) is 5. The highest BCUT2D eigenvalue weighted by Crippen LogP contribution is 2.18. The van der Waals surface area contributed by atoms with Crippen LogP contribution in [0.3, 0.4) is 0 Å². The van der Waals surface area contributed by atoms with Crippen molar-refractivity contribution in [2.45, 2.75) is 33.0 Å². The number of hydrogen-bond donors (Lipinski definition) is 0. The molecule has 0 saturated carbocycles. The van der Waals surface area contributed by atoms with Crippen LogP contribution in [0.1, 0.15) is 23.3 Å². The van der Waals surface area contributed by atoms with E-state index in [1.165, 1.54) is 0 Å². The van der Waals surface area contributed by atoms with E-state index >= 15 is 0 Å². The molecule has 0 N–H and O–H groups in total. The van der Waals surface area contributed by atoms with Gasteiger partial charge in [-0.2, -0.15) is 0 Å². The van der Waals surface area contributed by atoms with Crippen molar-refractivity contribution in [2.75, 3.05) is 33.7 Å². The second-order valence-electron chi connectivity index (χ2n) is 6.65. The Labute approximate surface area is 147 Å². The monoisotopic (exact) mass is 347 g/mol. The standard InChI is InChI=1S/C17H25N5O3/c1-12-18-7-14(24-12)9-21-5-6-22(10-15-8-19-13(2)25-15)16(11-21)17(23)20(3)4/h7-8,16H,5-6,9-11H2,1-4H3. The Bertz CT molecular complexity index is 723. The first kappa shape index (κ1) is 17.6. The Kier molecular flexibility index (Phi) is 5.19. The van der Waals surface area contributed by atoms with Crippen molar-refractivity contribution in [1.82, 2.24) is 24.7 Å². The van der Waals surface area contributed by atoms with Gasteiger partial charge in [0, 0.05) is 47.6 Å². The van der Waals surface area contributed by atoms with Crippen molar-refractivity contribution in [3.63, 3.8) is 0 Å². The van der Waals surface area contributed by atoms with E-state index in [0.29, 0.717) is 31.4 Å². The molecule has 8 nitrogen and oxygen atoms in total. The molecule has 1 aliphatic heterocycles. The Morgan fingerprint density at radius 3 is 2.24 bits per heavy atom. The van der Waals surface area contributed by atoms with E-state index in [-0.39, 0.29) is 11.9 Å². The van der Waals surface area contributed by atoms with Crippen LogP contribution in [0.25, 0.3) is 0 Å². The molecule has 0 aromatic carbocycles. The zero-order valence-corrected chi connectivity index (χ0v) is 15.2. The number of carbonyl (C=O) groups excluding carboxylic acids is 1. The van der Waals surface area contributed by atoms with Crippen LogP contribution in [-0.4, -0.2) is 70.3 Å². The zero-order valence-electron chi connectivity index (χ0n) is 15.2. The third-order valence-electron chi connectivity index (χ3n) is 4.38. The molecular formula is C17H25N5O3. The molecule has 2 aromatic heterocycles. The molecule has 1 fully saturated rings. The third-order valence-corrected chi connectivity index (χ3v) is 4.38. The predicted molar refractivity (Wildman–Crippen MR) is 90.6 cm³/mol. The smallest absolute Gasteiger partial charge is 0.240 e. The van der Waals surface area contributed by atoms with Crippen LogP contribution in [0, 0.1) is 13.8 Å². The Balaban J connectivity index is 1.70. The van der Waals surface area contributed by atoms with E-state index in [2.05, 4.69) is 19.8 Å². The molecule has 2 aromatic rings. The minimum absolute atomic E-state index is 0.0923. The van der Waals surface area contributed by atoms with Gasteiger partial charge in [-0.15, -0.1) is 0 Å². The van der Waals surface area contributed by atoms with Gasteiger partial charge in [-0.05, 0) is 0 Å². The molecule has 3 heterocycles. The Morgan fingerprint density at radius 2 is 1.72 bits per heavy atom. The summed E-state index contributed by atoms with van der Waals surface area (Å²) in [6.45, 7) is 7.17. The maximum Gasteiger partial charge on any atom is 0.240 e. The number of amides is 1. The molecule has 1 amide bonds. The van der Waals surface area contributed by atoms with Crippen molar-refractivity contribution in [3.8, 4) is 0 Å². The summed E-state index contributed by atoms with van der Waals surface area (Å²) in [5.74, 6) is 3.01. The molecule has 0 aliphatic carbocycles. The summed E-state index contributed by atoms with van der Waals surface area (Å²) < 4.78 is 11.2. The topological polar surface area (TPSA) is 78.9 Å². The number of likely N-dealkylation sites (N-methyl/N-ethyl adjacent to an activating group) is 1. The highest BCUT2D eigenvalue weighted by molar-refractivity contribution is 5.81. The number of aromatic nitrogens is 2. The molecule has 136 valence electrons. The summed E-state index contributed by atoms with van der Waals surface area (Å²) >= 11 is 0. The van der Waals surface area contributed by atoms with Crippen LogP contribution in [0.15, 0.2) is 21.2 Å². The second-order valence-corrected chi connectivity index (χ2v) is 6.65. The van der Waals surface area contributed by atoms with Gasteiger partial charge in [0.05, 0.1) is 25.5 Å². The summed E-state index contributed by atoms with van der Waals surface area (Å²) in [6.07, 6.45) is 3.48. The molecule has 1 aliphatic rings. The molecule has 0 radical (unpaired) electrons. The van der Waals surface area contributed by atoms with Crippen molar-refractivity contribution in [3.05, 3.63) is 35.7 Å². The minimum Gasteiger partial charge on any atom is -0.445 e. The van der Waals surface area contributed by atoms with Crippen LogP contribution in [0.5, 0.6) is 0 Å². The van der Waals surface area contributed by atoms with Gasteiger partial charge in [0.2, 0.25) is 5.91 Å². The van der Waals surface area contributed by atoms with Gasteiger partial charge < -0.3 is 13.7 Å². The fourth-order valence-corrected chi connectivity index (χ4v) is 3.12. The van der Waals surface area contributed by atoms with Crippen molar-refractivity contribution >= 4 is 5.91 Å². The average molecular weight is 347 g/mol. The summed E-state index contributed by atoms with van der Waals surface area (Å²) in [5, 5.41) is 0. The summed E-state index contributed by atoms with van der Waals surface area (Å²) in [5.41, 5.74) is 0. The molecule has 3 rings (SSSR count). The molecule has 0 spiro atoms. The lowest BCUT2D eigenvalue weighted by Gasteiger charge is -2.40. The molecule has 8 heteroatoms. The lowest BCUT2D eigenvalue weighted by Crippen LogP contribution is -2.58. The van der Waals surface area contributed by atoms with E-state index in [1.54, 1.807) is 31.4 Å².